The molecule has 3 rings (SSSR count). The molecule has 102 valence electrons. The van der Waals surface area contributed by atoms with E-state index in [0.717, 1.165) is 17.7 Å². The third kappa shape index (κ3) is 1.94. The predicted octanol–water partition coefficient (Wildman–Crippen LogP) is 3.75. The second kappa shape index (κ2) is 4.83. The summed E-state index contributed by atoms with van der Waals surface area (Å²) in [5.74, 6) is -1.13. The van der Waals surface area contributed by atoms with Crippen LogP contribution in [0.25, 0.3) is 16.9 Å². The zero-order chi connectivity index (χ0) is 14.3. The second-order valence-electron chi connectivity index (χ2n) is 4.40. The molecule has 0 saturated carbocycles. The molecule has 1 aromatic carbocycles. The molecular weight excluding hydrogens is 284 g/mol. The normalized spacial score (nSPS) is 11.2. The lowest BCUT2D eigenvalue weighted by atomic mass is 10.2. The van der Waals surface area contributed by atoms with Crippen molar-refractivity contribution >= 4 is 22.8 Å². The molecule has 2 heterocycles. The maximum absolute atomic E-state index is 13.4. The maximum atomic E-state index is 13.4. The van der Waals surface area contributed by atoms with E-state index >= 15 is 0 Å². The minimum atomic E-state index is -0.919. The number of halogens is 3. The number of hydrogen-bond donors (Lipinski definition) is 0. The molecule has 0 aliphatic carbocycles. The molecule has 2 aromatic heterocycles. The maximum Gasteiger partial charge on any atom is 0.164 e. The fourth-order valence-electron chi connectivity index (χ4n) is 2.12. The molecule has 0 radical (unpaired) electrons. The molecule has 20 heavy (non-hydrogen) atoms. The molecule has 0 atom stereocenters. The Kier molecular flexibility index (Phi) is 3.14. The van der Waals surface area contributed by atoms with Gasteiger partial charge in [0.05, 0.1) is 11.6 Å². The van der Waals surface area contributed by atoms with Gasteiger partial charge in [-0.25, -0.2) is 18.7 Å². The van der Waals surface area contributed by atoms with Crippen molar-refractivity contribution in [3.8, 4) is 5.69 Å². The lowest BCUT2D eigenvalue weighted by Gasteiger charge is -2.07. The summed E-state index contributed by atoms with van der Waals surface area (Å²) < 4.78 is 28.1. The SMILES string of the molecule is Cc1ccnc2c1nc(CCl)n2-c1ccc(F)c(F)c1. The van der Waals surface area contributed by atoms with E-state index in [0.29, 0.717) is 22.7 Å². The number of hydrogen-bond acceptors (Lipinski definition) is 2. The van der Waals surface area contributed by atoms with E-state index < -0.39 is 11.6 Å². The highest BCUT2D eigenvalue weighted by atomic mass is 35.5. The highest BCUT2D eigenvalue weighted by molar-refractivity contribution is 6.17. The van der Waals surface area contributed by atoms with E-state index in [-0.39, 0.29) is 5.88 Å². The van der Waals surface area contributed by atoms with Crippen molar-refractivity contribution in [1.29, 1.82) is 0 Å². The van der Waals surface area contributed by atoms with Crippen molar-refractivity contribution in [1.82, 2.24) is 14.5 Å². The molecule has 0 saturated heterocycles. The van der Waals surface area contributed by atoms with Crippen LogP contribution in [0.2, 0.25) is 0 Å². The summed E-state index contributed by atoms with van der Waals surface area (Å²) >= 11 is 5.90. The second-order valence-corrected chi connectivity index (χ2v) is 4.66. The summed E-state index contributed by atoms with van der Waals surface area (Å²) in [4.78, 5) is 8.68. The van der Waals surface area contributed by atoms with Gasteiger partial charge in [-0.05, 0) is 30.7 Å². The van der Waals surface area contributed by atoms with Crippen LogP contribution in [0.3, 0.4) is 0 Å². The number of rotatable bonds is 2. The lowest BCUT2D eigenvalue weighted by molar-refractivity contribution is 0.508. The van der Waals surface area contributed by atoms with Crippen molar-refractivity contribution in [2.45, 2.75) is 12.8 Å². The summed E-state index contributed by atoms with van der Waals surface area (Å²) in [5.41, 5.74) is 2.67. The Morgan fingerprint density at radius 1 is 1.20 bits per heavy atom. The van der Waals surface area contributed by atoms with Crippen LogP contribution in [0.1, 0.15) is 11.4 Å². The zero-order valence-corrected chi connectivity index (χ0v) is 11.3. The molecule has 3 nitrogen and oxygen atoms in total. The van der Waals surface area contributed by atoms with Crippen LogP contribution >= 0.6 is 11.6 Å². The first-order valence-corrected chi connectivity index (χ1v) is 6.49. The van der Waals surface area contributed by atoms with Crippen LogP contribution in [0, 0.1) is 18.6 Å². The van der Waals surface area contributed by atoms with Gasteiger partial charge in [0.1, 0.15) is 11.3 Å². The molecule has 0 N–H and O–H groups in total. The van der Waals surface area contributed by atoms with E-state index in [1.54, 1.807) is 10.8 Å². The molecule has 6 heteroatoms. The molecule has 0 aliphatic heterocycles. The number of aryl methyl sites for hydroxylation is 1. The summed E-state index contributed by atoms with van der Waals surface area (Å²) in [6.07, 6.45) is 1.65. The van der Waals surface area contributed by atoms with E-state index in [4.69, 9.17) is 11.6 Å². The van der Waals surface area contributed by atoms with E-state index in [9.17, 15) is 8.78 Å². The zero-order valence-electron chi connectivity index (χ0n) is 10.6. The van der Waals surface area contributed by atoms with Gasteiger partial charge in [-0.1, -0.05) is 0 Å². The number of imidazole rings is 1. The quantitative estimate of drug-likeness (QED) is 0.674. The molecule has 0 spiro atoms. The molecular formula is C14H10ClF2N3. The fraction of sp³-hybridized carbons (Fsp3) is 0.143. The van der Waals surface area contributed by atoms with Gasteiger partial charge in [-0.2, -0.15) is 0 Å². The van der Waals surface area contributed by atoms with Crippen LogP contribution in [0.5, 0.6) is 0 Å². The largest absolute Gasteiger partial charge is 0.280 e. The average Bonchev–Trinajstić information content (AvgIpc) is 2.82. The lowest BCUT2D eigenvalue weighted by Crippen LogP contribution is -2.01. The molecule has 3 aromatic rings. The first-order chi connectivity index (χ1) is 9.61. The van der Waals surface area contributed by atoms with Gasteiger partial charge in [0, 0.05) is 12.3 Å². The monoisotopic (exact) mass is 293 g/mol. The van der Waals surface area contributed by atoms with Gasteiger partial charge in [-0.3, -0.25) is 4.57 Å². The summed E-state index contributed by atoms with van der Waals surface area (Å²) in [5, 5.41) is 0. The van der Waals surface area contributed by atoms with Crippen LogP contribution in [-0.2, 0) is 5.88 Å². The topological polar surface area (TPSA) is 30.7 Å². The number of nitrogens with zero attached hydrogens (tertiary/aromatic N) is 3. The van der Waals surface area contributed by atoms with Crippen molar-refractivity contribution < 1.29 is 8.78 Å². The van der Waals surface area contributed by atoms with Crippen molar-refractivity contribution in [2.75, 3.05) is 0 Å². The van der Waals surface area contributed by atoms with E-state index in [1.165, 1.54) is 6.07 Å². The van der Waals surface area contributed by atoms with Crippen LogP contribution in [-0.4, -0.2) is 14.5 Å². The Morgan fingerprint density at radius 2 is 2.00 bits per heavy atom. The summed E-state index contributed by atoms with van der Waals surface area (Å²) in [7, 11) is 0. The van der Waals surface area contributed by atoms with Crippen LogP contribution in [0.4, 0.5) is 8.78 Å². The van der Waals surface area contributed by atoms with Gasteiger partial charge >= 0.3 is 0 Å². The number of fused-ring (bicyclic) bond motifs is 1. The van der Waals surface area contributed by atoms with Crippen molar-refractivity contribution in [2.24, 2.45) is 0 Å². The van der Waals surface area contributed by atoms with Gasteiger partial charge in [0.15, 0.2) is 17.3 Å². The molecule has 0 bridgehead atoms. The van der Waals surface area contributed by atoms with Gasteiger partial charge < -0.3 is 0 Å². The molecule has 0 aliphatic rings. The summed E-state index contributed by atoms with van der Waals surface area (Å²) in [6, 6.07) is 5.49. The third-order valence-electron chi connectivity index (χ3n) is 3.10. The average molecular weight is 294 g/mol. The molecule has 0 unspecified atom stereocenters. The standard InChI is InChI=1S/C14H10ClF2N3/c1-8-4-5-18-14-13(8)19-12(7-15)20(14)9-2-3-10(16)11(17)6-9/h2-6H,7H2,1H3. The smallest absolute Gasteiger partial charge is 0.164 e. The molecule has 0 amide bonds. The minimum Gasteiger partial charge on any atom is -0.280 e. The minimum absolute atomic E-state index is 0.148. The van der Waals surface area contributed by atoms with Gasteiger partial charge in [0.2, 0.25) is 0 Å². The Morgan fingerprint density at radius 3 is 2.70 bits per heavy atom. The van der Waals surface area contributed by atoms with Gasteiger partial charge in [-0.15, -0.1) is 11.6 Å². The van der Waals surface area contributed by atoms with Crippen LogP contribution < -0.4 is 0 Å². The Hall–Kier alpha value is -2.01. The fourth-order valence-corrected chi connectivity index (χ4v) is 2.30. The number of alkyl halides is 1. The van der Waals surface area contributed by atoms with E-state index in [1.807, 2.05) is 13.0 Å². The first kappa shape index (κ1) is 13.0. The summed E-state index contributed by atoms with van der Waals surface area (Å²) in [6.45, 7) is 1.91. The van der Waals surface area contributed by atoms with Gasteiger partial charge in [0.25, 0.3) is 0 Å². The molecule has 0 fully saturated rings. The predicted molar refractivity (Wildman–Crippen MR) is 73.1 cm³/mol. The Bertz CT molecular complexity index is 798. The van der Waals surface area contributed by atoms with Crippen molar-refractivity contribution in [3.63, 3.8) is 0 Å². The van der Waals surface area contributed by atoms with Crippen LogP contribution in [0.15, 0.2) is 30.5 Å². The van der Waals surface area contributed by atoms with Crippen molar-refractivity contribution in [3.05, 3.63) is 53.5 Å². The Labute approximate surface area is 118 Å². The highest BCUT2D eigenvalue weighted by Gasteiger charge is 2.15. The third-order valence-corrected chi connectivity index (χ3v) is 3.34. The first-order valence-electron chi connectivity index (χ1n) is 5.96. The number of benzene rings is 1. The number of pyridine rings is 1. The van der Waals surface area contributed by atoms with E-state index in [2.05, 4.69) is 9.97 Å². The highest BCUT2D eigenvalue weighted by Crippen LogP contribution is 2.24. The number of aromatic nitrogens is 3. The Balaban J connectivity index is 2.34.